The van der Waals surface area contributed by atoms with Gasteiger partial charge in [0.25, 0.3) is 7.37 Å². The van der Waals surface area contributed by atoms with Gasteiger partial charge in [0.15, 0.2) is 0 Å². The molecule has 18 heavy (non-hydrogen) atoms. The first kappa shape index (κ1) is 14.3. The minimum Gasteiger partial charge on any atom is -0.322 e. The van der Waals surface area contributed by atoms with Gasteiger partial charge in [0, 0.05) is 15.3 Å². The molecule has 1 aromatic carbocycles. The maximum atomic E-state index is 13.2. The molecule has 1 aliphatic heterocycles. The number of hydrogen-bond donors (Lipinski definition) is 1. The molecule has 0 amide bonds. The molecule has 1 aliphatic rings. The molecule has 0 aromatic heterocycles. The average molecular weight is 332 g/mol. The Morgan fingerprint density at radius 2 is 1.78 bits per heavy atom. The first-order valence-electron chi connectivity index (χ1n) is 5.96. The Morgan fingerprint density at radius 3 is 2.28 bits per heavy atom. The van der Waals surface area contributed by atoms with Crippen LogP contribution in [0, 0.1) is 0 Å². The van der Waals surface area contributed by atoms with E-state index in [1.165, 1.54) is 0 Å². The molecule has 2 rings (SSSR count). The van der Waals surface area contributed by atoms with Crippen LogP contribution in [0.1, 0.15) is 27.7 Å². The monoisotopic (exact) mass is 331 g/mol. The van der Waals surface area contributed by atoms with E-state index >= 15 is 0 Å². The van der Waals surface area contributed by atoms with E-state index in [4.69, 9.17) is 4.52 Å². The van der Waals surface area contributed by atoms with Crippen LogP contribution in [0.25, 0.3) is 0 Å². The van der Waals surface area contributed by atoms with Gasteiger partial charge in [-0.25, -0.2) is 0 Å². The van der Waals surface area contributed by atoms with Crippen molar-refractivity contribution in [2.75, 3.05) is 6.61 Å². The van der Waals surface area contributed by atoms with Crippen LogP contribution in [0.15, 0.2) is 28.7 Å². The first-order chi connectivity index (χ1) is 8.16. The van der Waals surface area contributed by atoms with E-state index in [-0.39, 0.29) is 5.54 Å². The molecule has 1 fully saturated rings. The maximum absolute atomic E-state index is 13.2. The number of nitrogens with one attached hydrogen (secondary N) is 1. The molecule has 0 unspecified atom stereocenters. The van der Waals surface area contributed by atoms with Crippen molar-refractivity contribution in [3.8, 4) is 0 Å². The van der Waals surface area contributed by atoms with E-state index in [0.29, 0.717) is 6.61 Å². The highest BCUT2D eigenvalue weighted by atomic mass is 79.9. The van der Waals surface area contributed by atoms with Crippen molar-refractivity contribution in [3.05, 3.63) is 28.7 Å². The third-order valence-electron chi connectivity index (χ3n) is 3.15. The van der Waals surface area contributed by atoms with Crippen LogP contribution in [-0.2, 0) is 9.09 Å². The molecule has 0 saturated carbocycles. The van der Waals surface area contributed by atoms with Gasteiger partial charge in [-0.2, -0.15) is 0 Å². The highest BCUT2D eigenvalue weighted by Gasteiger charge is 2.50. The van der Waals surface area contributed by atoms with Crippen molar-refractivity contribution >= 4 is 28.6 Å². The van der Waals surface area contributed by atoms with Gasteiger partial charge in [-0.1, -0.05) is 15.9 Å². The van der Waals surface area contributed by atoms with Gasteiger partial charge >= 0.3 is 0 Å². The molecule has 1 aromatic rings. The molecule has 0 spiro atoms. The molecular formula is C13H19BrNO2P. The summed E-state index contributed by atoms with van der Waals surface area (Å²) in [5, 5.41) is 3.63. The van der Waals surface area contributed by atoms with Crippen molar-refractivity contribution in [2.24, 2.45) is 0 Å². The summed E-state index contributed by atoms with van der Waals surface area (Å²) in [6.07, 6.45) is 0. The van der Waals surface area contributed by atoms with E-state index in [2.05, 4.69) is 35.1 Å². The quantitative estimate of drug-likeness (QED) is 0.800. The highest BCUT2D eigenvalue weighted by Crippen LogP contribution is 2.59. The Hall–Kier alpha value is -0.150. The number of benzene rings is 1. The third-order valence-corrected chi connectivity index (χ3v) is 6.74. The van der Waals surface area contributed by atoms with Gasteiger partial charge in [-0.15, -0.1) is 0 Å². The van der Waals surface area contributed by atoms with Crippen molar-refractivity contribution < 1.29 is 9.09 Å². The van der Waals surface area contributed by atoms with Crippen LogP contribution < -0.4 is 10.6 Å². The Kier molecular flexibility index (Phi) is 3.52. The van der Waals surface area contributed by atoms with E-state index in [1.54, 1.807) is 0 Å². The van der Waals surface area contributed by atoms with Crippen molar-refractivity contribution in [2.45, 2.75) is 38.5 Å². The van der Waals surface area contributed by atoms with Crippen LogP contribution >= 0.6 is 23.3 Å². The number of halogens is 1. The Bertz CT molecular complexity index is 496. The second kappa shape index (κ2) is 4.45. The summed E-state index contributed by atoms with van der Waals surface area (Å²) in [7, 11) is -2.90. The molecule has 1 heterocycles. The summed E-state index contributed by atoms with van der Waals surface area (Å²) in [5.74, 6) is 0. The average Bonchev–Trinajstić information content (AvgIpc) is 2.24. The summed E-state index contributed by atoms with van der Waals surface area (Å²) >= 11 is 3.39. The van der Waals surface area contributed by atoms with E-state index < -0.39 is 12.6 Å². The fourth-order valence-corrected chi connectivity index (χ4v) is 5.26. The lowest BCUT2D eigenvalue weighted by Gasteiger charge is -2.47. The predicted molar refractivity (Wildman–Crippen MR) is 78.6 cm³/mol. The topological polar surface area (TPSA) is 38.3 Å². The summed E-state index contributed by atoms with van der Waals surface area (Å²) in [6.45, 7) is 8.44. The lowest BCUT2D eigenvalue weighted by Crippen LogP contribution is -2.59. The zero-order valence-electron chi connectivity index (χ0n) is 11.2. The lowest BCUT2D eigenvalue weighted by molar-refractivity contribution is 0.147. The SMILES string of the molecule is CC1(C)CO[P@](=O)(c2ccc(Br)cc2)C(C)(C)N1. The summed E-state index contributed by atoms with van der Waals surface area (Å²) < 4.78 is 20.0. The van der Waals surface area contributed by atoms with E-state index in [1.807, 2.05) is 38.1 Å². The second-order valence-corrected chi connectivity index (χ2v) is 9.78. The summed E-state index contributed by atoms with van der Waals surface area (Å²) in [4.78, 5) is 0. The molecular weight excluding hydrogens is 313 g/mol. The van der Waals surface area contributed by atoms with Crippen LogP contribution in [-0.4, -0.2) is 17.4 Å². The molecule has 1 N–H and O–H groups in total. The number of rotatable bonds is 1. The smallest absolute Gasteiger partial charge is 0.251 e. The molecule has 0 radical (unpaired) electrons. The van der Waals surface area contributed by atoms with Gasteiger partial charge < -0.3 is 4.52 Å². The molecule has 100 valence electrons. The van der Waals surface area contributed by atoms with Crippen LogP contribution in [0.5, 0.6) is 0 Å². The van der Waals surface area contributed by atoms with Gasteiger partial charge in [-0.3, -0.25) is 9.88 Å². The standard InChI is InChI=1S/C13H19BrNO2P/c1-12(2)9-17-18(16,13(3,4)15-12)11-7-5-10(14)6-8-11/h5-8,15H,9H2,1-4H3/t18-/m1/s1. The van der Waals surface area contributed by atoms with E-state index in [0.717, 1.165) is 9.78 Å². The second-order valence-electron chi connectivity index (χ2n) is 5.87. The van der Waals surface area contributed by atoms with Crippen molar-refractivity contribution in [3.63, 3.8) is 0 Å². The van der Waals surface area contributed by atoms with Crippen LogP contribution in [0.3, 0.4) is 0 Å². The normalized spacial score (nSPS) is 30.1. The third kappa shape index (κ3) is 2.44. The first-order valence-corrected chi connectivity index (χ1v) is 8.38. The van der Waals surface area contributed by atoms with Gasteiger partial charge in [-0.05, 0) is 52.0 Å². The molecule has 1 saturated heterocycles. The Balaban J connectivity index is 2.42. The zero-order valence-corrected chi connectivity index (χ0v) is 13.6. The van der Waals surface area contributed by atoms with Crippen LogP contribution in [0.4, 0.5) is 0 Å². The largest absolute Gasteiger partial charge is 0.322 e. The molecule has 5 heteroatoms. The van der Waals surface area contributed by atoms with Crippen LogP contribution in [0.2, 0.25) is 0 Å². The molecule has 0 bridgehead atoms. The van der Waals surface area contributed by atoms with Crippen molar-refractivity contribution in [1.29, 1.82) is 0 Å². The minimum atomic E-state index is -2.90. The van der Waals surface area contributed by atoms with Gasteiger partial charge in [0.2, 0.25) is 0 Å². The lowest BCUT2D eigenvalue weighted by atomic mass is 10.1. The fourth-order valence-electron chi connectivity index (χ4n) is 2.39. The van der Waals surface area contributed by atoms with Crippen molar-refractivity contribution in [1.82, 2.24) is 5.32 Å². The predicted octanol–water partition coefficient (Wildman–Crippen LogP) is 3.49. The van der Waals surface area contributed by atoms with Gasteiger partial charge in [0.05, 0.1) is 11.9 Å². The maximum Gasteiger partial charge on any atom is 0.251 e. The van der Waals surface area contributed by atoms with E-state index in [9.17, 15) is 4.57 Å². The highest BCUT2D eigenvalue weighted by molar-refractivity contribution is 9.10. The summed E-state index contributed by atoms with van der Waals surface area (Å²) in [5.41, 5.74) is -0.160. The zero-order chi connectivity index (χ0) is 13.6. The minimum absolute atomic E-state index is 0.160. The fraction of sp³-hybridized carbons (Fsp3) is 0.538. The number of hydrogen-bond acceptors (Lipinski definition) is 3. The molecule has 0 aliphatic carbocycles. The molecule has 3 nitrogen and oxygen atoms in total. The van der Waals surface area contributed by atoms with Gasteiger partial charge in [0.1, 0.15) is 0 Å². The Morgan fingerprint density at radius 1 is 1.22 bits per heavy atom. The summed E-state index contributed by atoms with van der Waals surface area (Å²) in [6, 6.07) is 7.53. The Labute approximate surface area is 117 Å². The molecule has 1 atom stereocenters.